The Morgan fingerprint density at radius 1 is 0.931 bits per heavy atom. The van der Waals surface area contributed by atoms with Gasteiger partial charge in [-0.2, -0.15) is 0 Å². The van der Waals surface area contributed by atoms with E-state index in [1.807, 2.05) is 44.0 Å². The molecule has 5 heteroatoms. The van der Waals surface area contributed by atoms with E-state index in [4.69, 9.17) is 0 Å². The van der Waals surface area contributed by atoms with E-state index in [9.17, 15) is 9.59 Å². The fraction of sp³-hybridized carbons (Fsp3) is 0.417. The predicted molar refractivity (Wildman–Crippen MR) is 119 cm³/mol. The molecule has 0 unspecified atom stereocenters. The summed E-state index contributed by atoms with van der Waals surface area (Å²) in [6.45, 7) is 9.24. The molecule has 0 aliphatic heterocycles. The Morgan fingerprint density at radius 2 is 1.52 bits per heavy atom. The molecule has 0 atom stereocenters. The predicted octanol–water partition coefficient (Wildman–Crippen LogP) is 3.96. The van der Waals surface area contributed by atoms with Gasteiger partial charge in [-0.1, -0.05) is 56.3 Å². The first kappa shape index (κ1) is 22.6. The van der Waals surface area contributed by atoms with Gasteiger partial charge in [0, 0.05) is 19.3 Å². The summed E-state index contributed by atoms with van der Waals surface area (Å²) in [4.78, 5) is 28.3. The van der Waals surface area contributed by atoms with Crippen LogP contribution < -0.4 is 5.32 Å². The largest absolute Gasteiger partial charge is 0.335 e. The minimum Gasteiger partial charge on any atom is -0.335 e. The quantitative estimate of drug-likeness (QED) is 0.736. The Hall–Kier alpha value is -2.66. The Kier molecular flexibility index (Phi) is 7.97. The van der Waals surface area contributed by atoms with E-state index in [0.717, 1.165) is 16.8 Å². The maximum Gasteiger partial charge on any atom is 0.243 e. The van der Waals surface area contributed by atoms with Gasteiger partial charge in [-0.05, 0) is 49.1 Å². The second-order valence-electron chi connectivity index (χ2n) is 8.13. The van der Waals surface area contributed by atoms with Crippen molar-refractivity contribution in [3.63, 3.8) is 0 Å². The van der Waals surface area contributed by atoms with Crippen molar-refractivity contribution in [2.75, 3.05) is 32.5 Å². The van der Waals surface area contributed by atoms with Crippen molar-refractivity contribution >= 4 is 17.5 Å². The monoisotopic (exact) mass is 395 g/mol. The van der Waals surface area contributed by atoms with Crippen molar-refractivity contribution in [2.24, 2.45) is 0 Å². The van der Waals surface area contributed by atoms with Crippen LogP contribution in [0, 0.1) is 13.8 Å². The Bertz CT molecular complexity index is 823. The average molecular weight is 396 g/mol. The maximum absolute atomic E-state index is 12.5. The van der Waals surface area contributed by atoms with Crippen LogP contribution in [-0.4, -0.2) is 48.8 Å². The highest BCUT2D eigenvalue weighted by molar-refractivity contribution is 5.95. The molecule has 156 valence electrons. The van der Waals surface area contributed by atoms with Crippen LogP contribution in [0.3, 0.4) is 0 Å². The van der Waals surface area contributed by atoms with E-state index < -0.39 is 0 Å². The van der Waals surface area contributed by atoms with Gasteiger partial charge in [0.2, 0.25) is 11.8 Å². The summed E-state index contributed by atoms with van der Waals surface area (Å²) in [6, 6.07) is 14.4. The SMILES string of the molecule is Cc1cccc(C)c1NC(=O)CN(C)C(=O)CN(C)Cc1ccc(C(C)C)cc1. The van der Waals surface area contributed by atoms with Gasteiger partial charge in [-0.25, -0.2) is 0 Å². The highest BCUT2D eigenvalue weighted by atomic mass is 16.2. The fourth-order valence-electron chi connectivity index (χ4n) is 3.22. The summed E-state index contributed by atoms with van der Waals surface area (Å²) in [5, 5.41) is 2.93. The van der Waals surface area contributed by atoms with E-state index in [2.05, 4.69) is 43.4 Å². The molecule has 2 aromatic rings. The number of benzene rings is 2. The van der Waals surface area contributed by atoms with Crippen LogP contribution in [0.5, 0.6) is 0 Å². The first-order chi connectivity index (χ1) is 13.7. The first-order valence-corrected chi connectivity index (χ1v) is 10.0. The Balaban J connectivity index is 1.85. The third kappa shape index (κ3) is 6.71. The van der Waals surface area contributed by atoms with Crippen molar-refractivity contribution in [3.05, 3.63) is 64.7 Å². The smallest absolute Gasteiger partial charge is 0.243 e. The molecule has 0 aromatic heterocycles. The zero-order valence-corrected chi connectivity index (χ0v) is 18.5. The number of likely N-dealkylation sites (N-methyl/N-ethyl adjacent to an activating group) is 2. The molecule has 0 saturated heterocycles. The molecule has 0 aliphatic carbocycles. The van der Waals surface area contributed by atoms with Crippen LogP contribution in [-0.2, 0) is 16.1 Å². The van der Waals surface area contributed by atoms with Crippen molar-refractivity contribution in [1.29, 1.82) is 0 Å². The summed E-state index contributed by atoms with van der Waals surface area (Å²) < 4.78 is 0. The lowest BCUT2D eigenvalue weighted by atomic mass is 10.0. The van der Waals surface area contributed by atoms with Crippen molar-refractivity contribution in [1.82, 2.24) is 9.80 Å². The molecule has 2 aromatic carbocycles. The lowest BCUT2D eigenvalue weighted by molar-refractivity contribution is -0.134. The number of carbonyl (C=O) groups is 2. The van der Waals surface area contributed by atoms with Gasteiger partial charge < -0.3 is 10.2 Å². The third-order valence-corrected chi connectivity index (χ3v) is 5.06. The van der Waals surface area contributed by atoms with Crippen LogP contribution in [0.15, 0.2) is 42.5 Å². The molecule has 2 amide bonds. The van der Waals surface area contributed by atoms with E-state index in [0.29, 0.717) is 12.5 Å². The molecule has 0 spiro atoms. The zero-order valence-electron chi connectivity index (χ0n) is 18.5. The van der Waals surface area contributed by atoms with Crippen molar-refractivity contribution in [2.45, 2.75) is 40.2 Å². The zero-order chi connectivity index (χ0) is 21.6. The highest BCUT2D eigenvalue weighted by Crippen LogP contribution is 2.19. The van der Waals surface area contributed by atoms with Gasteiger partial charge in [0.15, 0.2) is 0 Å². The number of nitrogens with one attached hydrogen (secondary N) is 1. The van der Waals surface area contributed by atoms with E-state index in [-0.39, 0.29) is 24.9 Å². The Morgan fingerprint density at radius 3 is 2.07 bits per heavy atom. The Labute approximate surface area is 174 Å². The number of amides is 2. The second kappa shape index (κ2) is 10.2. The van der Waals surface area contributed by atoms with Gasteiger partial charge in [0.1, 0.15) is 0 Å². The number of hydrogen-bond acceptors (Lipinski definition) is 3. The molecule has 0 aliphatic rings. The molecule has 1 N–H and O–H groups in total. The van der Waals surface area contributed by atoms with Crippen LogP contribution in [0.25, 0.3) is 0 Å². The lowest BCUT2D eigenvalue weighted by Crippen LogP contribution is -2.40. The van der Waals surface area contributed by atoms with Crippen molar-refractivity contribution in [3.8, 4) is 0 Å². The summed E-state index contributed by atoms with van der Waals surface area (Å²) in [5.74, 6) is 0.236. The molecule has 5 nitrogen and oxygen atoms in total. The van der Waals surface area contributed by atoms with Gasteiger partial charge >= 0.3 is 0 Å². The van der Waals surface area contributed by atoms with Crippen LogP contribution >= 0.6 is 0 Å². The normalized spacial score (nSPS) is 11.0. The molecule has 0 bridgehead atoms. The molecule has 0 fully saturated rings. The van der Waals surface area contributed by atoms with E-state index >= 15 is 0 Å². The summed E-state index contributed by atoms with van der Waals surface area (Å²) in [7, 11) is 3.58. The number of para-hydroxylation sites is 1. The van der Waals surface area contributed by atoms with Crippen LogP contribution in [0.1, 0.15) is 42.0 Å². The van der Waals surface area contributed by atoms with Gasteiger partial charge in [-0.15, -0.1) is 0 Å². The topological polar surface area (TPSA) is 52.7 Å². The average Bonchev–Trinajstić information content (AvgIpc) is 2.65. The van der Waals surface area contributed by atoms with Crippen LogP contribution in [0.4, 0.5) is 5.69 Å². The van der Waals surface area contributed by atoms with Crippen LogP contribution in [0.2, 0.25) is 0 Å². The summed E-state index contributed by atoms with van der Waals surface area (Å²) in [5.41, 5.74) is 5.31. The molecule has 0 radical (unpaired) electrons. The number of carbonyl (C=O) groups excluding carboxylic acids is 2. The maximum atomic E-state index is 12.5. The number of rotatable bonds is 8. The van der Waals surface area contributed by atoms with Gasteiger partial charge in [0.25, 0.3) is 0 Å². The summed E-state index contributed by atoms with van der Waals surface area (Å²) >= 11 is 0. The van der Waals surface area contributed by atoms with E-state index in [1.165, 1.54) is 16.0 Å². The van der Waals surface area contributed by atoms with Gasteiger partial charge in [0.05, 0.1) is 13.1 Å². The van der Waals surface area contributed by atoms with E-state index in [1.54, 1.807) is 7.05 Å². The number of hydrogen-bond donors (Lipinski definition) is 1. The third-order valence-electron chi connectivity index (χ3n) is 5.06. The standard InChI is InChI=1S/C24H33N3O2/c1-17(2)21-12-10-20(11-13-21)14-26(5)16-23(29)27(6)15-22(28)25-24-18(3)8-7-9-19(24)4/h7-13,17H,14-16H2,1-6H3,(H,25,28). The van der Waals surface area contributed by atoms with Crippen molar-refractivity contribution < 1.29 is 9.59 Å². The molecule has 29 heavy (non-hydrogen) atoms. The van der Waals surface area contributed by atoms with Gasteiger partial charge in [-0.3, -0.25) is 14.5 Å². The molecule has 0 heterocycles. The molecular weight excluding hydrogens is 362 g/mol. The molecule has 0 saturated carbocycles. The summed E-state index contributed by atoms with van der Waals surface area (Å²) in [6.07, 6.45) is 0. The number of aryl methyl sites for hydroxylation is 2. The molecular formula is C24H33N3O2. The molecule has 2 rings (SSSR count). The lowest BCUT2D eigenvalue weighted by Gasteiger charge is -2.22. The first-order valence-electron chi connectivity index (χ1n) is 10.0. The highest BCUT2D eigenvalue weighted by Gasteiger charge is 2.16. The number of nitrogens with zero attached hydrogens (tertiary/aromatic N) is 2. The number of anilines is 1. The second-order valence-corrected chi connectivity index (χ2v) is 8.13. The fourth-order valence-corrected chi connectivity index (χ4v) is 3.22. The minimum absolute atomic E-state index is 0.0313. The minimum atomic E-state index is -0.190.